The third-order valence-electron chi connectivity index (χ3n) is 4.98. The first-order chi connectivity index (χ1) is 8.79. The SMILES string of the molecule is CCCC[C]1CCCCC1(CCCC)CCCC. The highest BCUT2D eigenvalue weighted by Crippen LogP contribution is 2.51. The minimum atomic E-state index is 0.666. The molecule has 0 nitrogen and oxygen atoms in total. The minimum absolute atomic E-state index is 0.666. The molecule has 0 bridgehead atoms. The quantitative estimate of drug-likeness (QED) is 0.428. The van der Waals surface area contributed by atoms with E-state index in [4.69, 9.17) is 0 Å². The minimum Gasteiger partial charge on any atom is -0.0654 e. The Kier molecular flexibility index (Phi) is 8.02. The number of hydrogen-bond donors (Lipinski definition) is 0. The average molecular weight is 251 g/mol. The molecule has 0 heteroatoms. The second kappa shape index (κ2) is 8.99. The molecule has 0 saturated heterocycles. The van der Waals surface area contributed by atoms with E-state index in [1.54, 1.807) is 0 Å². The molecule has 1 radical (unpaired) electrons. The van der Waals surface area contributed by atoms with E-state index < -0.39 is 0 Å². The summed E-state index contributed by atoms with van der Waals surface area (Å²) >= 11 is 0. The molecule has 0 unspecified atom stereocenters. The maximum Gasteiger partial charge on any atom is -0.0179 e. The Morgan fingerprint density at radius 1 is 0.833 bits per heavy atom. The zero-order valence-electron chi connectivity index (χ0n) is 13.2. The lowest BCUT2D eigenvalue weighted by Gasteiger charge is -2.45. The summed E-state index contributed by atoms with van der Waals surface area (Å²) in [6, 6.07) is 0. The average Bonchev–Trinajstić information content (AvgIpc) is 2.42. The first kappa shape index (κ1) is 16.1. The van der Waals surface area contributed by atoms with Gasteiger partial charge < -0.3 is 0 Å². The molecule has 18 heavy (non-hydrogen) atoms. The normalized spacial score (nSPS) is 20.2. The van der Waals surface area contributed by atoms with Crippen LogP contribution in [0.4, 0.5) is 0 Å². The Balaban J connectivity index is 2.65. The summed E-state index contributed by atoms with van der Waals surface area (Å²) in [6.07, 6.45) is 18.7. The van der Waals surface area contributed by atoms with Crippen molar-refractivity contribution in [3.8, 4) is 0 Å². The molecule has 0 N–H and O–H groups in total. The van der Waals surface area contributed by atoms with Gasteiger partial charge in [-0.05, 0) is 43.4 Å². The second-order valence-corrected chi connectivity index (χ2v) is 6.40. The van der Waals surface area contributed by atoms with Crippen LogP contribution in [0.3, 0.4) is 0 Å². The summed E-state index contributed by atoms with van der Waals surface area (Å²) in [5.41, 5.74) is 0.666. The van der Waals surface area contributed by atoms with E-state index in [1.165, 1.54) is 83.5 Å². The Bertz CT molecular complexity index is 186. The molecule has 0 aliphatic heterocycles. The van der Waals surface area contributed by atoms with Gasteiger partial charge in [0.15, 0.2) is 0 Å². The van der Waals surface area contributed by atoms with Crippen molar-refractivity contribution < 1.29 is 0 Å². The highest BCUT2D eigenvalue weighted by molar-refractivity contribution is 5.09. The van der Waals surface area contributed by atoms with Crippen molar-refractivity contribution in [3.05, 3.63) is 5.92 Å². The molecule has 0 aromatic carbocycles. The Morgan fingerprint density at radius 2 is 1.44 bits per heavy atom. The van der Waals surface area contributed by atoms with Crippen LogP contribution < -0.4 is 0 Å². The molecule has 0 aromatic heterocycles. The topological polar surface area (TPSA) is 0 Å². The summed E-state index contributed by atoms with van der Waals surface area (Å²) in [6.45, 7) is 7.03. The standard InChI is InChI=1S/C18H35/c1-4-7-12-17-13-10-11-16-18(17,14-8-5-2)15-9-6-3/h4-16H2,1-3H3. The van der Waals surface area contributed by atoms with E-state index in [9.17, 15) is 0 Å². The van der Waals surface area contributed by atoms with Gasteiger partial charge in [-0.3, -0.25) is 0 Å². The fraction of sp³-hybridized carbons (Fsp3) is 0.944. The number of hydrogen-bond acceptors (Lipinski definition) is 0. The second-order valence-electron chi connectivity index (χ2n) is 6.40. The zero-order valence-corrected chi connectivity index (χ0v) is 13.2. The van der Waals surface area contributed by atoms with Crippen LogP contribution in [-0.4, -0.2) is 0 Å². The highest BCUT2D eigenvalue weighted by atomic mass is 14.4. The summed E-state index contributed by atoms with van der Waals surface area (Å²) < 4.78 is 0. The predicted octanol–water partition coefficient (Wildman–Crippen LogP) is 6.69. The van der Waals surface area contributed by atoms with E-state index in [1.807, 2.05) is 5.92 Å². The monoisotopic (exact) mass is 251 g/mol. The van der Waals surface area contributed by atoms with E-state index >= 15 is 0 Å². The van der Waals surface area contributed by atoms with Gasteiger partial charge >= 0.3 is 0 Å². The molecule has 1 rings (SSSR count). The summed E-state index contributed by atoms with van der Waals surface area (Å²) in [7, 11) is 0. The van der Waals surface area contributed by atoms with Gasteiger partial charge in [-0.2, -0.15) is 0 Å². The van der Waals surface area contributed by atoms with Crippen LogP contribution in [0.2, 0.25) is 0 Å². The Morgan fingerprint density at radius 3 is 2.00 bits per heavy atom. The lowest BCUT2D eigenvalue weighted by atomic mass is 9.60. The van der Waals surface area contributed by atoms with Crippen molar-refractivity contribution in [2.45, 2.75) is 104 Å². The predicted molar refractivity (Wildman–Crippen MR) is 82.7 cm³/mol. The van der Waals surface area contributed by atoms with Gasteiger partial charge in [-0.1, -0.05) is 72.1 Å². The zero-order chi connectivity index (χ0) is 13.3. The van der Waals surface area contributed by atoms with Gasteiger partial charge in [-0.25, -0.2) is 0 Å². The third kappa shape index (κ3) is 4.59. The molecule has 0 aromatic rings. The van der Waals surface area contributed by atoms with Gasteiger partial charge in [0, 0.05) is 0 Å². The lowest BCUT2D eigenvalue weighted by Crippen LogP contribution is -2.32. The Hall–Kier alpha value is 0. The van der Waals surface area contributed by atoms with Crippen molar-refractivity contribution in [3.63, 3.8) is 0 Å². The summed E-state index contributed by atoms with van der Waals surface area (Å²) in [5.74, 6) is 1.97. The van der Waals surface area contributed by atoms with Crippen molar-refractivity contribution in [2.75, 3.05) is 0 Å². The first-order valence-electron chi connectivity index (χ1n) is 8.64. The largest absolute Gasteiger partial charge is 0.0654 e. The third-order valence-corrected chi connectivity index (χ3v) is 4.98. The van der Waals surface area contributed by atoms with Crippen molar-refractivity contribution in [1.29, 1.82) is 0 Å². The first-order valence-corrected chi connectivity index (χ1v) is 8.64. The molecule has 107 valence electrons. The van der Waals surface area contributed by atoms with Crippen LogP contribution in [0.5, 0.6) is 0 Å². The maximum absolute atomic E-state index is 2.35. The highest BCUT2D eigenvalue weighted by Gasteiger charge is 2.39. The van der Waals surface area contributed by atoms with Crippen LogP contribution in [0, 0.1) is 11.3 Å². The van der Waals surface area contributed by atoms with E-state index in [-0.39, 0.29) is 0 Å². The van der Waals surface area contributed by atoms with Crippen molar-refractivity contribution >= 4 is 0 Å². The molecular weight excluding hydrogens is 216 g/mol. The molecule has 1 fully saturated rings. The molecule has 1 aliphatic carbocycles. The van der Waals surface area contributed by atoms with Gasteiger partial charge in [0.2, 0.25) is 0 Å². The van der Waals surface area contributed by atoms with Gasteiger partial charge in [0.1, 0.15) is 0 Å². The fourth-order valence-electron chi connectivity index (χ4n) is 3.78. The molecule has 1 saturated carbocycles. The molecular formula is C18H35. The number of unbranched alkanes of at least 4 members (excludes halogenated alkanes) is 3. The van der Waals surface area contributed by atoms with Crippen LogP contribution in [-0.2, 0) is 0 Å². The van der Waals surface area contributed by atoms with Gasteiger partial charge in [0.05, 0.1) is 0 Å². The van der Waals surface area contributed by atoms with Crippen molar-refractivity contribution in [2.24, 2.45) is 5.41 Å². The van der Waals surface area contributed by atoms with Crippen LogP contribution in [0.1, 0.15) is 104 Å². The molecule has 0 spiro atoms. The smallest absolute Gasteiger partial charge is 0.0179 e. The van der Waals surface area contributed by atoms with Crippen molar-refractivity contribution in [1.82, 2.24) is 0 Å². The maximum atomic E-state index is 2.35. The Labute approximate surface area is 116 Å². The molecule has 0 atom stereocenters. The van der Waals surface area contributed by atoms with E-state index in [0.29, 0.717) is 5.41 Å². The van der Waals surface area contributed by atoms with E-state index in [2.05, 4.69) is 20.8 Å². The van der Waals surface area contributed by atoms with Gasteiger partial charge in [-0.15, -0.1) is 0 Å². The molecule has 0 heterocycles. The lowest BCUT2D eigenvalue weighted by molar-refractivity contribution is 0.168. The summed E-state index contributed by atoms with van der Waals surface area (Å²) in [5, 5.41) is 0. The molecule has 1 aliphatic rings. The summed E-state index contributed by atoms with van der Waals surface area (Å²) in [4.78, 5) is 0. The van der Waals surface area contributed by atoms with Gasteiger partial charge in [0.25, 0.3) is 0 Å². The number of rotatable bonds is 9. The fourth-order valence-corrected chi connectivity index (χ4v) is 3.78. The van der Waals surface area contributed by atoms with Crippen LogP contribution in [0.25, 0.3) is 0 Å². The van der Waals surface area contributed by atoms with Crippen LogP contribution in [0.15, 0.2) is 0 Å². The molecule has 0 amide bonds. The van der Waals surface area contributed by atoms with E-state index in [0.717, 1.165) is 0 Å². The van der Waals surface area contributed by atoms with Crippen LogP contribution >= 0.6 is 0 Å².